The smallest absolute Gasteiger partial charge is 0.293 e. The maximum Gasteiger partial charge on any atom is 0.293 e. The maximum absolute atomic E-state index is 13.1. The van der Waals surface area contributed by atoms with Crippen molar-refractivity contribution >= 4 is 50.6 Å². The standard InChI is InChI=1S/C27H31BrN2O3S/c1-6-11-30-22-14-23(33-5)19(12-21(22)17(2)15-27(30,3)4)13-24-25(31)29(26(32)34-24)16-18-7-9-20(28)10-8-18/h7-10,12-14,17H,6,11,15-16H2,1-5H3/b24-13+. The van der Waals surface area contributed by atoms with Crippen LogP contribution < -0.4 is 9.64 Å². The molecule has 1 fully saturated rings. The molecule has 2 aromatic rings. The van der Waals surface area contributed by atoms with E-state index in [0.717, 1.165) is 46.7 Å². The molecule has 0 aliphatic carbocycles. The van der Waals surface area contributed by atoms with Crippen molar-refractivity contribution in [2.24, 2.45) is 0 Å². The second-order valence-corrected chi connectivity index (χ2v) is 11.5. The van der Waals surface area contributed by atoms with Gasteiger partial charge < -0.3 is 9.64 Å². The zero-order valence-electron chi connectivity index (χ0n) is 20.4. The predicted octanol–water partition coefficient (Wildman–Crippen LogP) is 7.20. The molecular weight excluding hydrogens is 512 g/mol. The third-order valence-electron chi connectivity index (χ3n) is 6.60. The summed E-state index contributed by atoms with van der Waals surface area (Å²) in [6.07, 6.45) is 3.92. The number of imide groups is 1. The lowest BCUT2D eigenvalue weighted by Gasteiger charge is -2.47. The van der Waals surface area contributed by atoms with E-state index in [-0.39, 0.29) is 23.2 Å². The molecule has 1 saturated heterocycles. The minimum atomic E-state index is -0.264. The first-order valence-electron chi connectivity index (χ1n) is 11.6. The molecule has 1 atom stereocenters. The van der Waals surface area contributed by atoms with Crippen molar-refractivity contribution in [2.45, 2.75) is 58.5 Å². The molecule has 0 spiro atoms. The van der Waals surface area contributed by atoms with Crippen LogP contribution in [0.4, 0.5) is 10.5 Å². The number of hydrogen-bond donors (Lipinski definition) is 0. The third-order valence-corrected chi connectivity index (χ3v) is 8.03. The molecular formula is C27H31BrN2O3S. The largest absolute Gasteiger partial charge is 0.496 e. The van der Waals surface area contributed by atoms with Crippen molar-refractivity contribution in [2.75, 3.05) is 18.6 Å². The first-order valence-corrected chi connectivity index (χ1v) is 13.2. The summed E-state index contributed by atoms with van der Waals surface area (Å²) in [5, 5.41) is -0.250. The number of nitrogens with zero attached hydrogens (tertiary/aromatic N) is 2. The lowest BCUT2D eigenvalue weighted by atomic mass is 9.79. The highest BCUT2D eigenvalue weighted by Crippen LogP contribution is 2.46. The summed E-state index contributed by atoms with van der Waals surface area (Å²) in [6, 6.07) is 11.9. The fourth-order valence-electron chi connectivity index (χ4n) is 5.01. The Labute approximate surface area is 214 Å². The zero-order chi connectivity index (χ0) is 24.6. The van der Waals surface area contributed by atoms with Crippen molar-refractivity contribution in [3.05, 3.63) is 62.5 Å². The van der Waals surface area contributed by atoms with Crippen LogP contribution in [0.3, 0.4) is 0 Å². The summed E-state index contributed by atoms with van der Waals surface area (Å²) in [5.74, 6) is 0.826. The topological polar surface area (TPSA) is 49.9 Å². The molecule has 0 bridgehead atoms. The van der Waals surface area contributed by atoms with Crippen LogP contribution in [0.5, 0.6) is 5.75 Å². The molecule has 180 valence electrons. The molecule has 2 amide bonds. The van der Waals surface area contributed by atoms with Gasteiger partial charge in [-0.15, -0.1) is 0 Å². The van der Waals surface area contributed by atoms with E-state index in [9.17, 15) is 9.59 Å². The number of rotatable bonds is 6. The highest BCUT2D eigenvalue weighted by atomic mass is 79.9. The minimum absolute atomic E-state index is 0.0602. The summed E-state index contributed by atoms with van der Waals surface area (Å²) in [4.78, 5) is 30.0. The number of halogens is 1. The molecule has 2 aromatic carbocycles. The number of anilines is 1. The SMILES string of the molecule is CCCN1c2cc(OC)c(/C=C3/SC(=O)N(Cc4ccc(Br)cc4)C3=O)cc2C(C)CC1(C)C. The minimum Gasteiger partial charge on any atom is -0.496 e. The Balaban J connectivity index is 1.68. The number of fused-ring (bicyclic) bond motifs is 1. The van der Waals surface area contributed by atoms with Crippen LogP contribution in [0.2, 0.25) is 0 Å². The van der Waals surface area contributed by atoms with Gasteiger partial charge in [-0.1, -0.05) is 41.9 Å². The number of carbonyl (C=O) groups excluding carboxylic acids is 2. The van der Waals surface area contributed by atoms with Crippen LogP contribution in [-0.4, -0.2) is 35.2 Å². The summed E-state index contributed by atoms with van der Waals surface area (Å²) in [7, 11) is 1.65. The number of amides is 2. The van der Waals surface area contributed by atoms with E-state index in [4.69, 9.17) is 4.74 Å². The Bertz CT molecular complexity index is 1140. The van der Waals surface area contributed by atoms with Crippen molar-refractivity contribution in [1.29, 1.82) is 0 Å². The van der Waals surface area contributed by atoms with Crippen molar-refractivity contribution in [3.8, 4) is 5.75 Å². The van der Waals surface area contributed by atoms with Gasteiger partial charge in [0.15, 0.2) is 0 Å². The fraction of sp³-hybridized carbons (Fsp3) is 0.407. The Morgan fingerprint density at radius 1 is 1.21 bits per heavy atom. The second kappa shape index (κ2) is 9.78. The van der Waals surface area contributed by atoms with E-state index in [1.165, 1.54) is 16.2 Å². The molecule has 0 N–H and O–H groups in total. The summed E-state index contributed by atoms with van der Waals surface area (Å²) >= 11 is 4.40. The summed E-state index contributed by atoms with van der Waals surface area (Å²) in [6.45, 7) is 10.3. The highest BCUT2D eigenvalue weighted by molar-refractivity contribution is 9.10. The Morgan fingerprint density at radius 2 is 1.91 bits per heavy atom. The van der Waals surface area contributed by atoms with Gasteiger partial charge in [0.25, 0.3) is 11.1 Å². The van der Waals surface area contributed by atoms with Crippen LogP contribution in [-0.2, 0) is 11.3 Å². The number of ether oxygens (including phenoxy) is 1. The molecule has 0 aromatic heterocycles. The average molecular weight is 544 g/mol. The predicted molar refractivity (Wildman–Crippen MR) is 143 cm³/mol. The van der Waals surface area contributed by atoms with Crippen molar-refractivity contribution < 1.29 is 14.3 Å². The van der Waals surface area contributed by atoms with Crippen LogP contribution in [0.25, 0.3) is 6.08 Å². The normalized spacial score (nSPS) is 20.8. The summed E-state index contributed by atoms with van der Waals surface area (Å²) < 4.78 is 6.71. The van der Waals surface area contributed by atoms with E-state index in [2.05, 4.69) is 60.7 Å². The quantitative estimate of drug-likeness (QED) is 0.361. The van der Waals surface area contributed by atoms with E-state index in [0.29, 0.717) is 16.6 Å². The van der Waals surface area contributed by atoms with E-state index in [1.54, 1.807) is 7.11 Å². The van der Waals surface area contributed by atoms with E-state index >= 15 is 0 Å². The van der Waals surface area contributed by atoms with Gasteiger partial charge in [0.05, 0.1) is 18.6 Å². The molecule has 0 radical (unpaired) electrons. The molecule has 4 rings (SSSR count). The van der Waals surface area contributed by atoms with Crippen LogP contribution >= 0.6 is 27.7 Å². The Morgan fingerprint density at radius 3 is 2.56 bits per heavy atom. The monoisotopic (exact) mass is 542 g/mol. The van der Waals surface area contributed by atoms with E-state index in [1.807, 2.05) is 30.3 Å². The Kier molecular flexibility index (Phi) is 7.15. The number of hydrogen-bond acceptors (Lipinski definition) is 5. The van der Waals surface area contributed by atoms with Gasteiger partial charge in [-0.05, 0) is 79.8 Å². The van der Waals surface area contributed by atoms with Gasteiger partial charge in [0.2, 0.25) is 0 Å². The zero-order valence-corrected chi connectivity index (χ0v) is 22.8. The van der Waals surface area contributed by atoms with Crippen LogP contribution in [0, 0.1) is 0 Å². The van der Waals surface area contributed by atoms with Gasteiger partial charge in [0, 0.05) is 33.9 Å². The van der Waals surface area contributed by atoms with Crippen LogP contribution in [0.1, 0.15) is 63.1 Å². The third kappa shape index (κ3) is 4.78. The number of methoxy groups -OCH3 is 1. The van der Waals surface area contributed by atoms with E-state index < -0.39 is 0 Å². The highest BCUT2D eigenvalue weighted by Gasteiger charge is 2.38. The molecule has 0 saturated carbocycles. The number of thioether (sulfide) groups is 1. The average Bonchev–Trinajstić information content (AvgIpc) is 3.05. The molecule has 5 nitrogen and oxygen atoms in total. The molecule has 2 aliphatic heterocycles. The molecule has 7 heteroatoms. The number of carbonyl (C=O) groups is 2. The van der Waals surface area contributed by atoms with Gasteiger partial charge in [-0.3, -0.25) is 14.5 Å². The lowest BCUT2D eigenvalue weighted by Crippen LogP contribution is -2.48. The Hall–Kier alpha value is -2.25. The maximum atomic E-state index is 13.1. The van der Waals surface area contributed by atoms with Gasteiger partial charge in [-0.25, -0.2) is 0 Å². The van der Waals surface area contributed by atoms with Crippen molar-refractivity contribution in [3.63, 3.8) is 0 Å². The number of benzene rings is 2. The molecule has 1 unspecified atom stereocenters. The molecule has 34 heavy (non-hydrogen) atoms. The van der Waals surface area contributed by atoms with Gasteiger partial charge in [-0.2, -0.15) is 0 Å². The van der Waals surface area contributed by atoms with Gasteiger partial charge in [0.1, 0.15) is 5.75 Å². The molecule has 2 aliphatic rings. The molecule has 2 heterocycles. The van der Waals surface area contributed by atoms with Crippen LogP contribution in [0.15, 0.2) is 45.8 Å². The first-order chi connectivity index (χ1) is 16.1. The van der Waals surface area contributed by atoms with Gasteiger partial charge >= 0.3 is 0 Å². The van der Waals surface area contributed by atoms with Crippen molar-refractivity contribution in [1.82, 2.24) is 4.90 Å². The fourth-order valence-corrected chi connectivity index (χ4v) is 6.11. The lowest BCUT2D eigenvalue weighted by molar-refractivity contribution is -0.123. The first kappa shape index (κ1) is 24.9. The second-order valence-electron chi connectivity index (χ2n) is 9.62. The summed E-state index contributed by atoms with van der Waals surface area (Å²) in [5.41, 5.74) is 4.26.